The first-order valence-corrected chi connectivity index (χ1v) is 13.8. The van der Waals surface area contributed by atoms with Crippen molar-refractivity contribution in [2.75, 3.05) is 10.2 Å². The highest BCUT2D eigenvalue weighted by Gasteiger charge is 2.41. The zero-order chi connectivity index (χ0) is 32.5. The second-order valence-electron chi connectivity index (χ2n) is 10.3. The molecule has 14 heteroatoms. The molecule has 0 radical (unpaired) electrons. The van der Waals surface area contributed by atoms with E-state index in [1.807, 2.05) is 0 Å². The van der Waals surface area contributed by atoms with Crippen molar-refractivity contribution in [3.8, 4) is 11.5 Å². The number of ether oxygens (including phenoxy) is 1. The van der Waals surface area contributed by atoms with Crippen LogP contribution in [0.2, 0.25) is 5.02 Å². The Morgan fingerprint density at radius 2 is 1.65 bits per heavy atom. The largest absolute Gasteiger partial charge is 0.453 e. The van der Waals surface area contributed by atoms with E-state index in [0.29, 0.717) is 23.2 Å². The summed E-state index contributed by atoms with van der Waals surface area (Å²) in [6, 6.07) is 12.1. The molecule has 0 saturated carbocycles. The summed E-state index contributed by atoms with van der Waals surface area (Å²) in [6.45, 7) is 0.210. The lowest BCUT2D eigenvalue weighted by Gasteiger charge is -2.19. The van der Waals surface area contributed by atoms with Gasteiger partial charge in [-0.2, -0.15) is 18.3 Å². The molecule has 0 saturated heterocycles. The normalized spacial score (nSPS) is 13.8. The Bertz CT molecular complexity index is 2160. The summed E-state index contributed by atoms with van der Waals surface area (Å²) in [5, 5.41) is 6.95. The fourth-order valence-electron chi connectivity index (χ4n) is 5.40. The van der Waals surface area contributed by atoms with Crippen molar-refractivity contribution in [1.29, 1.82) is 0 Å². The van der Waals surface area contributed by atoms with Gasteiger partial charge in [0.2, 0.25) is 0 Å². The van der Waals surface area contributed by atoms with Crippen molar-refractivity contribution in [3.05, 3.63) is 117 Å². The highest BCUT2D eigenvalue weighted by Crippen LogP contribution is 2.47. The monoisotopic (exact) mass is 650 g/mol. The van der Waals surface area contributed by atoms with Crippen molar-refractivity contribution < 1.29 is 41.1 Å². The van der Waals surface area contributed by atoms with Crippen LogP contribution in [0, 0.1) is 11.6 Å². The third kappa shape index (κ3) is 4.76. The molecule has 0 bridgehead atoms. The minimum Gasteiger partial charge on any atom is -0.453 e. The number of amides is 3. The topological polar surface area (TPSA) is 93.5 Å². The lowest BCUT2D eigenvalue weighted by molar-refractivity contribution is -0.137. The molecule has 1 aromatic heterocycles. The van der Waals surface area contributed by atoms with Crippen LogP contribution in [0.3, 0.4) is 0 Å². The van der Waals surface area contributed by atoms with Gasteiger partial charge >= 0.3 is 6.18 Å². The van der Waals surface area contributed by atoms with Gasteiger partial charge in [0.1, 0.15) is 17.4 Å². The second kappa shape index (κ2) is 10.5. The fraction of sp³-hybridized carbons (Fsp3) is 0.0625. The van der Waals surface area contributed by atoms with Crippen molar-refractivity contribution >= 4 is 57.8 Å². The number of nitrogens with one attached hydrogen (secondary N) is 1. The molecule has 0 aliphatic carbocycles. The van der Waals surface area contributed by atoms with Crippen molar-refractivity contribution in [2.24, 2.45) is 0 Å². The number of hydrogen-bond donors (Lipinski definition) is 1. The minimum atomic E-state index is -4.94. The predicted octanol–water partition coefficient (Wildman–Crippen LogP) is 7.86. The van der Waals surface area contributed by atoms with Crippen LogP contribution in [0.4, 0.5) is 33.5 Å². The molecule has 7 rings (SSSR count). The molecule has 5 aromatic rings. The number of carbonyl (C=O) groups excluding carboxylic acids is 3. The van der Waals surface area contributed by atoms with Gasteiger partial charge in [-0.3, -0.25) is 19.1 Å². The molecular weight excluding hydrogens is 635 g/mol. The van der Waals surface area contributed by atoms with Crippen LogP contribution >= 0.6 is 11.6 Å². The smallest absolute Gasteiger partial charge is 0.416 e. The number of nitrogens with zero attached hydrogens (tertiary/aromatic N) is 3. The van der Waals surface area contributed by atoms with E-state index in [0.717, 1.165) is 17.0 Å². The number of aromatic nitrogens is 2. The second-order valence-corrected chi connectivity index (χ2v) is 10.7. The van der Waals surface area contributed by atoms with Gasteiger partial charge in [-0.15, -0.1) is 0 Å². The van der Waals surface area contributed by atoms with Gasteiger partial charge < -0.3 is 10.1 Å². The Hall–Kier alpha value is -5.56. The summed E-state index contributed by atoms with van der Waals surface area (Å²) >= 11 is 6.30. The van der Waals surface area contributed by atoms with Crippen LogP contribution < -0.4 is 15.0 Å². The fourth-order valence-corrected chi connectivity index (χ4v) is 5.55. The van der Waals surface area contributed by atoms with Gasteiger partial charge in [-0.25, -0.2) is 13.7 Å². The third-order valence-corrected chi connectivity index (χ3v) is 7.71. The minimum absolute atomic E-state index is 0.0298. The molecule has 8 nitrogen and oxygen atoms in total. The molecule has 0 fully saturated rings. The molecule has 3 amide bonds. The summed E-state index contributed by atoms with van der Waals surface area (Å²) in [4.78, 5) is 41.3. The van der Waals surface area contributed by atoms with Crippen molar-refractivity contribution in [3.63, 3.8) is 0 Å². The maximum atomic E-state index is 14.3. The standard InChI is InChI=1S/C32H16ClF5N4O4/c33-22-8-7-18(34)14-24(22)46-27-23(39-29(43)16-10-17(32(36,37)38)13-19(35)11-16)12-15-4-3-9-41-26(15)25(27)28(40-41)42-30(44)20-5-1-2-6-21(20)31(42)45/h1-8,10-14H,9H2,(H,39,43). The van der Waals surface area contributed by atoms with Gasteiger partial charge in [-0.1, -0.05) is 35.9 Å². The number of carbonyl (C=O) groups is 3. The number of allylic oxidation sites excluding steroid dienone is 1. The molecule has 230 valence electrons. The highest BCUT2D eigenvalue weighted by molar-refractivity contribution is 6.36. The van der Waals surface area contributed by atoms with E-state index in [1.54, 1.807) is 24.3 Å². The number of hydrogen-bond acceptors (Lipinski definition) is 5. The predicted molar refractivity (Wildman–Crippen MR) is 157 cm³/mol. The number of anilines is 2. The first kappa shape index (κ1) is 29.2. The van der Waals surface area contributed by atoms with Crippen LogP contribution in [0.1, 0.15) is 42.2 Å². The van der Waals surface area contributed by atoms with Gasteiger partial charge in [0.05, 0.1) is 44.8 Å². The summed E-state index contributed by atoms with van der Waals surface area (Å²) in [7, 11) is 0. The van der Waals surface area contributed by atoms with E-state index in [1.165, 1.54) is 28.9 Å². The van der Waals surface area contributed by atoms with Gasteiger partial charge in [0, 0.05) is 17.2 Å². The molecule has 0 unspecified atom stereocenters. The number of imide groups is 1. The summed E-state index contributed by atoms with van der Waals surface area (Å²) in [6.07, 6.45) is -1.57. The van der Waals surface area contributed by atoms with Crippen LogP contribution in [0.25, 0.3) is 17.0 Å². The number of alkyl halides is 3. The van der Waals surface area contributed by atoms with E-state index in [2.05, 4.69) is 10.4 Å². The van der Waals surface area contributed by atoms with Gasteiger partial charge in [-0.05, 0) is 48.5 Å². The van der Waals surface area contributed by atoms with Crippen LogP contribution in [-0.2, 0) is 12.7 Å². The van der Waals surface area contributed by atoms with E-state index < -0.39 is 46.7 Å². The summed E-state index contributed by atoms with van der Waals surface area (Å²) < 4.78 is 76.3. The lowest BCUT2D eigenvalue weighted by Crippen LogP contribution is -2.30. The quantitative estimate of drug-likeness (QED) is 0.154. The van der Waals surface area contributed by atoms with Crippen molar-refractivity contribution in [2.45, 2.75) is 12.7 Å². The Morgan fingerprint density at radius 1 is 0.935 bits per heavy atom. The maximum absolute atomic E-state index is 14.3. The molecule has 46 heavy (non-hydrogen) atoms. The van der Waals surface area contributed by atoms with Crippen LogP contribution in [0.15, 0.2) is 72.8 Å². The van der Waals surface area contributed by atoms with E-state index in [9.17, 15) is 36.3 Å². The number of halogens is 6. The zero-order valence-electron chi connectivity index (χ0n) is 23.0. The Balaban J connectivity index is 1.45. The average Bonchev–Trinajstić information content (AvgIpc) is 3.51. The SMILES string of the molecule is O=C(Nc1cc2c3c(c(N4C(=O)c5ccccc5C4=O)nn3CC=C2)c1Oc1cc(F)ccc1Cl)c1cc(F)cc(C(F)(F)F)c1. The molecule has 3 heterocycles. The highest BCUT2D eigenvalue weighted by atomic mass is 35.5. The Labute approximate surface area is 260 Å². The Morgan fingerprint density at radius 3 is 2.35 bits per heavy atom. The zero-order valence-corrected chi connectivity index (χ0v) is 23.7. The Kier molecular flexibility index (Phi) is 6.67. The van der Waals surface area contributed by atoms with Crippen LogP contribution in [-0.4, -0.2) is 27.5 Å². The lowest BCUT2D eigenvalue weighted by atomic mass is 10.0. The molecule has 0 spiro atoms. The number of fused-ring (bicyclic) bond motifs is 1. The molecule has 0 atom stereocenters. The van der Waals surface area contributed by atoms with E-state index in [4.69, 9.17) is 16.3 Å². The first-order valence-electron chi connectivity index (χ1n) is 13.4. The van der Waals surface area contributed by atoms with Gasteiger partial charge in [0.15, 0.2) is 11.6 Å². The summed E-state index contributed by atoms with van der Waals surface area (Å²) in [5.41, 5.74) is -1.22. The van der Waals surface area contributed by atoms with Gasteiger partial charge in [0.25, 0.3) is 17.7 Å². The molecular formula is C32H16ClF5N4O4. The number of benzene rings is 4. The molecule has 1 N–H and O–H groups in total. The third-order valence-electron chi connectivity index (χ3n) is 7.40. The first-order chi connectivity index (χ1) is 21.9. The van der Waals surface area contributed by atoms with E-state index in [-0.39, 0.29) is 57.2 Å². The average molecular weight is 651 g/mol. The van der Waals surface area contributed by atoms with E-state index >= 15 is 0 Å². The number of rotatable bonds is 5. The maximum Gasteiger partial charge on any atom is 0.416 e. The molecule has 2 aliphatic rings. The van der Waals surface area contributed by atoms with Crippen LogP contribution in [0.5, 0.6) is 11.5 Å². The van der Waals surface area contributed by atoms with Crippen molar-refractivity contribution in [1.82, 2.24) is 9.78 Å². The molecule has 4 aromatic carbocycles. The molecule has 2 aliphatic heterocycles. The summed E-state index contributed by atoms with van der Waals surface area (Å²) in [5.74, 6) is -5.25.